The minimum Gasteiger partial charge on any atom is -0.394 e. The van der Waals surface area contributed by atoms with Gasteiger partial charge in [-0.1, -0.05) is 0 Å². The third-order valence-corrected chi connectivity index (χ3v) is 3.23. The highest BCUT2D eigenvalue weighted by Crippen LogP contribution is 2.15. The second-order valence-corrected chi connectivity index (χ2v) is 4.62. The zero-order valence-corrected chi connectivity index (χ0v) is 10.5. The number of hydrogen-bond donors (Lipinski definition) is 1. The smallest absolute Gasteiger partial charge is 0.0933 e. The third kappa shape index (κ3) is 3.06. The molecule has 5 nitrogen and oxygen atoms in total. The molecule has 1 saturated heterocycles. The molecule has 0 spiro atoms. The molecule has 0 radical (unpaired) electrons. The molecule has 1 aliphatic rings. The highest BCUT2D eigenvalue weighted by atomic mass is 16.5. The third-order valence-electron chi connectivity index (χ3n) is 3.23. The van der Waals surface area contributed by atoms with Gasteiger partial charge in [0.25, 0.3) is 0 Å². The maximum Gasteiger partial charge on any atom is 0.0933 e. The zero-order chi connectivity index (χ0) is 12.3. The van der Waals surface area contributed by atoms with Gasteiger partial charge >= 0.3 is 0 Å². The number of aliphatic hydroxyl groups is 1. The van der Waals surface area contributed by atoms with Crippen molar-refractivity contribution in [1.82, 2.24) is 14.7 Å². The van der Waals surface area contributed by atoms with E-state index in [9.17, 15) is 0 Å². The Bertz CT molecular complexity index is 353. The normalized spacial score (nSPS) is 26.3. The molecule has 1 aliphatic heterocycles. The monoisotopic (exact) mass is 239 g/mol. The van der Waals surface area contributed by atoms with Crippen LogP contribution in [0.4, 0.5) is 0 Å². The predicted molar refractivity (Wildman–Crippen MR) is 64.6 cm³/mol. The molecule has 2 heterocycles. The SMILES string of the molecule is CCn1cc(CN2CC(CO)OCC2C)cn1. The summed E-state index contributed by atoms with van der Waals surface area (Å²) in [5.41, 5.74) is 1.22. The highest BCUT2D eigenvalue weighted by Gasteiger charge is 2.25. The fourth-order valence-corrected chi connectivity index (χ4v) is 2.10. The summed E-state index contributed by atoms with van der Waals surface area (Å²) in [5, 5.41) is 13.4. The summed E-state index contributed by atoms with van der Waals surface area (Å²) >= 11 is 0. The molecule has 2 unspecified atom stereocenters. The lowest BCUT2D eigenvalue weighted by molar-refractivity contribution is -0.0805. The molecule has 0 bridgehead atoms. The lowest BCUT2D eigenvalue weighted by Gasteiger charge is -2.37. The molecule has 96 valence electrons. The van der Waals surface area contributed by atoms with Crippen molar-refractivity contribution in [2.75, 3.05) is 19.8 Å². The summed E-state index contributed by atoms with van der Waals surface area (Å²) in [7, 11) is 0. The van der Waals surface area contributed by atoms with E-state index in [0.29, 0.717) is 12.6 Å². The van der Waals surface area contributed by atoms with Crippen LogP contribution in [0.25, 0.3) is 0 Å². The summed E-state index contributed by atoms with van der Waals surface area (Å²) in [6.07, 6.45) is 3.95. The van der Waals surface area contributed by atoms with Crippen molar-refractivity contribution in [3.8, 4) is 0 Å². The molecule has 0 saturated carbocycles. The quantitative estimate of drug-likeness (QED) is 0.830. The van der Waals surface area contributed by atoms with Gasteiger partial charge in [-0.2, -0.15) is 5.10 Å². The van der Waals surface area contributed by atoms with E-state index in [1.165, 1.54) is 5.56 Å². The van der Waals surface area contributed by atoms with E-state index >= 15 is 0 Å². The number of aliphatic hydroxyl groups excluding tert-OH is 1. The number of aryl methyl sites for hydroxylation is 1. The highest BCUT2D eigenvalue weighted by molar-refractivity contribution is 5.04. The Balaban J connectivity index is 1.96. The summed E-state index contributed by atoms with van der Waals surface area (Å²) < 4.78 is 7.46. The molecular weight excluding hydrogens is 218 g/mol. The van der Waals surface area contributed by atoms with E-state index in [-0.39, 0.29) is 12.7 Å². The molecule has 17 heavy (non-hydrogen) atoms. The Morgan fingerprint density at radius 3 is 3.06 bits per heavy atom. The molecule has 1 N–H and O–H groups in total. The van der Waals surface area contributed by atoms with E-state index in [1.807, 2.05) is 10.9 Å². The Morgan fingerprint density at radius 1 is 1.59 bits per heavy atom. The zero-order valence-electron chi connectivity index (χ0n) is 10.5. The van der Waals surface area contributed by atoms with Gasteiger partial charge in [-0.3, -0.25) is 9.58 Å². The summed E-state index contributed by atoms with van der Waals surface area (Å²) in [5.74, 6) is 0. The molecule has 1 aromatic heterocycles. The fraction of sp³-hybridized carbons (Fsp3) is 0.750. The van der Waals surface area contributed by atoms with Crippen LogP contribution in [0.2, 0.25) is 0 Å². The first-order valence-corrected chi connectivity index (χ1v) is 6.20. The maximum absolute atomic E-state index is 9.14. The van der Waals surface area contributed by atoms with E-state index in [1.54, 1.807) is 0 Å². The van der Waals surface area contributed by atoms with E-state index in [2.05, 4.69) is 30.0 Å². The number of nitrogens with zero attached hydrogens (tertiary/aromatic N) is 3. The molecule has 0 aromatic carbocycles. The summed E-state index contributed by atoms with van der Waals surface area (Å²) in [6.45, 7) is 7.58. The molecule has 0 aliphatic carbocycles. The average molecular weight is 239 g/mol. The van der Waals surface area contributed by atoms with Crippen LogP contribution in [0.3, 0.4) is 0 Å². The number of hydrogen-bond acceptors (Lipinski definition) is 4. The van der Waals surface area contributed by atoms with Gasteiger partial charge in [0.15, 0.2) is 0 Å². The van der Waals surface area contributed by atoms with Crippen LogP contribution < -0.4 is 0 Å². The summed E-state index contributed by atoms with van der Waals surface area (Å²) in [6, 6.07) is 0.391. The predicted octanol–water partition coefficient (Wildman–Crippen LogP) is 0.485. The number of ether oxygens (including phenoxy) is 1. The van der Waals surface area contributed by atoms with E-state index in [4.69, 9.17) is 9.84 Å². The van der Waals surface area contributed by atoms with Crippen LogP contribution in [-0.2, 0) is 17.8 Å². The van der Waals surface area contributed by atoms with Crippen molar-refractivity contribution in [2.45, 2.75) is 39.1 Å². The van der Waals surface area contributed by atoms with Crippen molar-refractivity contribution < 1.29 is 9.84 Å². The number of morpholine rings is 1. The van der Waals surface area contributed by atoms with Crippen LogP contribution in [0.15, 0.2) is 12.4 Å². The van der Waals surface area contributed by atoms with Crippen LogP contribution in [-0.4, -0.2) is 51.7 Å². The Kier molecular flexibility index (Phi) is 4.15. The lowest BCUT2D eigenvalue weighted by Crippen LogP contribution is -2.48. The van der Waals surface area contributed by atoms with Crippen molar-refractivity contribution in [3.63, 3.8) is 0 Å². The molecular formula is C12H21N3O2. The van der Waals surface area contributed by atoms with E-state index < -0.39 is 0 Å². The van der Waals surface area contributed by atoms with Crippen molar-refractivity contribution in [2.24, 2.45) is 0 Å². The second kappa shape index (κ2) is 5.62. The van der Waals surface area contributed by atoms with Gasteiger partial charge in [0.2, 0.25) is 0 Å². The van der Waals surface area contributed by atoms with Gasteiger partial charge in [-0.25, -0.2) is 0 Å². The Labute approximate surface area is 102 Å². The van der Waals surface area contributed by atoms with Crippen LogP contribution >= 0.6 is 0 Å². The minimum atomic E-state index is -0.0487. The second-order valence-electron chi connectivity index (χ2n) is 4.62. The largest absolute Gasteiger partial charge is 0.394 e. The molecule has 5 heteroatoms. The van der Waals surface area contributed by atoms with Crippen molar-refractivity contribution >= 4 is 0 Å². The standard InChI is InChI=1S/C12H21N3O2/c1-3-15-6-11(4-13-15)5-14-7-12(8-16)17-9-10(14)2/h4,6,10,12,16H,3,5,7-9H2,1-2H3. The average Bonchev–Trinajstić information content (AvgIpc) is 2.80. The summed E-state index contributed by atoms with van der Waals surface area (Å²) in [4.78, 5) is 2.33. The van der Waals surface area contributed by atoms with Gasteiger partial charge in [0.05, 0.1) is 25.5 Å². The van der Waals surface area contributed by atoms with Gasteiger partial charge in [0, 0.05) is 37.4 Å². The topological polar surface area (TPSA) is 50.5 Å². The minimum absolute atomic E-state index is 0.0487. The van der Waals surface area contributed by atoms with Gasteiger partial charge in [-0.15, -0.1) is 0 Å². The molecule has 2 atom stereocenters. The first-order valence-electron chi connectivity index (χ1n) is 6.20. The molecule has 1 fully saturated rings. The molecule has 2 rings (SSSR count). The number of aromatic nitrogens is 2. The number of rotatable bonds is 4. The van der Waals surface area contributed by atoms with Crippen molar-refractivity contribution in [3.05, 3.63) is 18.0 Å². The van der Waals surface area contributed by atoms with Gasteiger partial charge < -0.3 is 9.84 Å². The van der Waals surface area contributed by atoms with E-state index in [0.717, 1.165) is 19.6 Å². The maximum atomic E-state index is 9.14. The van der Waals surface area contributed by atoms with Crippen molar-refractivity contribution in [1.29, 1.82) is 0 Å². The lowest BCUT2D eigenvalue weighted by atomic mass is 10.2. The first-order chi connectivity index (χ1) is 8.22. The molecule has 1 aromatic rings. The first kappa shape index (κ1) is 12.5. The van der Waals surface area contributed by atoms with Crippen LogP contribution in [0.5, 0.6) is 0 Å². The van der Waals surface area contributed by atoms with Crippen LogP contribution in [0, 0.1) is 0 Å². The van der Waals surface area contributed by atoms with Gasteiger partial charge in [0.1, 0.15) is 0 Å². The van der Waals surface area contributed by atoms with Gasteiger partial charge in [-0.05, 0) is 13.8 Å². The Morgan fingerprint density at radius 2 is 2.41 bits per heavy atom. The fourth-order valence-electron chi connectivity index (χ4n) is 2.10. The van der Waals surface area contributed by atoms with Crippen LogP contribution in [0.1, 0.15) is 19.4 Å². The molecule has 0 amide bonds. The Hall–Kier alpha value is -0.910.